The van der Waals surface area contributed by atoms with E-state index in [1.807, 2.05) is 30.9 Å². The number of likely N-dealkylation sites (tertiary alicyclic amines) is 1. The number of nitrogens with one attached hydrogen (secondary N) is 3. The molecule has 3 heterocycles. The molecule has 4 aromatic rings. The molecule has 340 valence electrons. The zero-order valence-electron chi connectivity index (χ0n) is 36.3. The normalized spacial score (nSPS) is 20.7. The zero-order valence-corrected chi connectivity index (χ0v) is 37.9. The number of anilines is 1. The fourth-order valence-corrected chi connectivity index (χ4v) is 9.03. The Balaban J connectivity index is 1.41. The van der Waals surface area contributed by atoms with E-state index in [0.717, 1.165) is 16.1 Å². The largest absolute Gasteiger partial charge is 0.496 e. The molecule has 14 nitrogen and oxygen atoms in total. The van der Waals surface area contributed by atoms with Crippen LogP contribution < -0.4 is 24.8 Å². The minimum atomic E-state index is -4.89. The van der Waals surface area contributed by atoms with Gasteiger partial charge in [-0.25, -0.2) is 19.1 Å². The summed E-state index contributed by atoms with van der Waals surface area (Å²) in [5, 5.41) is 8.68. The second-order valence-electron chi connectivity index (χ2n) is 17.4. The van der Waals surface area contributed by atoms with Gasteiger partial charge >= 0.3 is 16.4 Å². The number of amides is 3. The number of thiazole rings is 1. The molecular formula is C43H51F4N7O7S2. The van der Waals surface area contributed by atoms with Crippen molar-refractivity contribution in [1.82, 2.24) is 29.2 Å². The third-order valence-electron chi connectivity index (χ3n) is 11.2. The Morgan fingerprint density at radius 3 is 2.35 bits per heavy atom. The van der Waals surface area contributed by atoms with Crippen molar-refractivity contribution in [2.24, 2.45) is 11.3 Å². The van der Waals surface area contributed by atoms with E-state index < -0.39 is 80.5 Å². The van der Waals surface area contributed by atoms with Gasteiger partial charge in [-0.2, -0.15) is 25.9 Å². The highest BCUT2D eigenvalue weighted by Gasteiger charge is 2.61. The number of rotatable bonds is 14. The summed E-state index contributed by atoms with van der Waals surface area (Å²) < 4.78 is 96.4. The summed E-state index contributed by atoms with van der Waals surface area (Å²) >= 11 is 1.41. The number of benzene rings is 2. The molecule has 2 aromatic carbocycles. The van der Waals surface area contributed by atoms with Crippen LogP contribution in [0.5, 0.6) is 11.5 Å². The van der Waals surface area contributed by atoms with Crippen LogP contribution in [-0.2, 0) is 30.8 Å². The Bertz CT molecular complexity index is 2560. The molecular weight excluding hydrogens is 867 g/mol. The van der Waals surface area contributed by atoms with Crippen LogP contribution in [0.25, 0.3) is 21.6 Å². The zero-order chi connectivity index (χ0) is 46.6. The third kappa shape index (κ3) is 9.77. The summed E-state index contributed by atoms with van der Waals surface area (Å²) in [7, 11) is -0.293. The van der Waals surface area contributed by atoms with E-state index in [1.165, 1.54) is 43.5 Å². The van der Waals surface area contributed by atoms with E-state index in [-0.39, 0.29) is 31.0 Å². The van der Waals surface area contributed by atoms with Gasteiger partial charge in [-0.15, -0.1) is 17.9 Å². The smallest absolute Gasteiger partial charge is 0.416 e. The number of nitrogens with zero attached hydrogens (tertiary/aromatic N) is 4. The summed E-state index contributed by atoms with van der Waals surface area (Å²) in [4.78, 5) is 54.0. The number of halogens is 4. The van der Waals surface area contributed by atoms with E-state index in [0.29, 0.717) is 50.8 Å². The molecule has 2 aromatic heterocycles. The lowest BCUT2D eigenvalue weighted by molar-refractivity contribution is -0.141. The first-order valence-electron chi connectivity index (χ1n) is 20.0. The molecule has 63 heavy (non-hydrogen) atoms. The van der Waals surface area contributed by atoms with Gasteiger partial charge in [-0.05, 0) is 55.0 Å². The molecule has 0 bridgehead atoms. The van der Waals surface area contributed by atoms with E-state index in [4.69, 9.17) is 19.4 Å². The lowest BCUT2D eigenvalue weighted by atomic mass is 9.85. The molecule has 1 aliphatic carbocycles. The van der Waals surface area contributed by atoms with E-state index >= 15 is 0 Å². The van der Waals surface area contributed by atoms with Gasteiger partial charge in [-0.3, -0.25) is 14.4 Å². The Labute approximate surface area is 367 Å². The van der Waals surface area contributed by atoms with Crippen LogP contribution in [0.1, 0.15) is 70.2 Å². The maximum absolute atomic E-state index is 14.9. The van der Waals surface area contributed by atoms with Gasteiger partial charge < -0.3 is 25.0 Å². The van der Waals surface area contributed by atoms with E-state index in [9.17, 15) is 40.4 Å². The number of pyridine rings is 1. The molecule has 20 heteroatoms. The average Bonchev–Trinajstić information content (AvgIpc) is 3.46. The Kier molecular flexibility index (Phi) is 13.0. The lowest BCUT2D eigenvalue weighted by Gasteiger charge is -2.36. The topological polar surface area (TPSA) is 172 Å². The highest BCUT2D eigenvalue weighted by atomic mass is 32.2. The standard InChI is InChI=1S/C43H51F4N7O7S2/c1-11-24-19-42(24,40(57)52-63(58,59)53(8)9)51-37(55)32-17-28(20-54(32)39(56)36(41(5,6)7)48-27-15-25(43(45,46)47)14-26(44)16-27)61-34-18-30(38-50-31(21-62-38)22(2)3)49-35-23(4)33(60-10)13-12-29(34)35/h11-16,18,21-22,24,28,32,36,48H,1,17,19-20H2,2-10H3,(H,51,55)(H,52,57)/t24-,28-,32+,36-,42-/m1/s1. The minimum Gasteiger partial charge on any atom is -0.496 e. The van der Waals surface area contributed by atoms with Crippen LogP contribution in [0.3, 0.4) is 0 Å². The maximum atomic E-state index is 14.9. The van der Waals surface area contributed by atoms with E-state index in [1.54, 1.807) is 39.0 Å². The van der Waals surface area contributed by atoms with Crippen molar-refractivity contribution >= 4 is 55.9 Å². The highest BCUT2D eigenvalue weighted by Crippen LogP contribution is 2.46. The van der Waals surface area contributed by atoms with Crippen molar-refractivity contribution in [2.45, 2.75) is 90.2 Å². The predicted octanol–water partition coefficient (Wildman–Crippen LogP) is 6.82. The first-order valence-corrected chi connectivity index (χ1v) is 22.4. The number of ether oxygens (including phenoxy) is 2. The molecule has 1 saturated heterocycles. The van der Waals surface area contributed by atoms with Crippen molar-refractivity contribution in [2.75, 3.05) is 33.1 Å². The van der Waals surface area contributed by atoms with Crippen LogP contribution in [0.15, 0.2) is 54.4 Å². The maximum Gasteiger partial charge on any atom is 0.416 e. The predicted molar refractivity (Wildman–Crippen MR) is 231 cm³/mol. The average molecular weight is 918 g/mol. The minimum absolute atomic E-state index is 0.00870. The van der Waals surface area contributed by atoms with Crippen molar-refractivity contribution in [3.63, 3.8) is 0 Å². The fourth-order valence-electron chi connectivity index (χ4n) is 7.49. The lowest BCUT2D eigenvalue weighted by Crippen LogP contribution is -2.59. The highest BCUT2D eigenvalue weighted by molar-refractivity contribution is 7.87. The number of carbonyl (C=O) groups excluding carboxylic acids is 3. The monoisotopic (exact) mass is 917 g/mol. The summed E-state index contributed by atoms with van der Waals surface area (Å²) in [5.41, 5.74) is -1.72. The molecule has 0 radical (unpaired) electrons. The molecule has 3 amide bonds. The number of carbonyl (C=O) groups is 3. The molecule has 2 aliphatic rings. The summed E-state index contributed by atoms with van der Waals surface area (Å²) in [5.74, 6) is -3.34. The van der Waals surface area contributed by atoms with Gasteiger partial charge in [0.1, 0.15) is 51.7 Å². The van der Waals surface area contributed by atoms with Crippen molar-refractivity contribution in [1.29, 1.82) is 0 Å². The molecule has 2 fully saturated rings. The van der Waals surface area contributed by atoms with Gasteiger partial charge in [0.05, 0.1) is 30.4 Å². The Morgan fingerprint density at radius 2 is 1.78 bits per heavy atom. The molecule has 1 saturated carbocycles. The first kappa shape index (κ1) is 47.1. The van der Waals surface area contributed by atoms with E-state index in [2.05, 4.69) is 17.2 Å². The van der Waals surface area contributed by atoms with Gasteiger partial charge in [0.25, 0.3) is 5.91 Å². The van der Waals surface area contributed by atoms with Gasteiger partial charge in [-0.1, -0.05) is 40.7 Å². The van der Waals surface area contributed by atoms with Crippen molar-refractivity contribution in [3.8, 4) is 22.2 Å². The molecule has 6 rings (SSSR count). The second kappa shape index (κ2) is 17.3. The van der Waals surface area contributed by atoms with Crippen LogP contribution >= 0.6 is 11.3 Å². The second-order valence-corrected chi connectivity index (χ2v) is 20.1. The fraction of sp³-hybridized carbons (Fsp3) is 0.465. The third-order valence-corrected chi connectivity index (χ3v) is 13.5. The quantitative estimate of drug-likeness (QED) is 0.0902. The molecule has 0 spiro atoms. The Morgan fingerprint density at radius 1 is 1.08 bits per heavy atom. The molecule has 0 unspecified atom stereocenters. The van der Waals surface area contributed by atoms with Gasteiger partial charge in [0, 0.05) is 54.5 Å². The SMILES string of the molecule is C=C[C@@H]1C[C@]1(NC(=O)[C@@H]1C[C@@H](Oc2cc(-c3nc(C(C)C)cs3)nc3c(C)c(OC)ccc23)CN1C(=O)[C@@H](Nc1cc(F)cc(C(F)(F)F)c1)C(C)(C)C)C(=O)NS(=O)(=O)N(C)C. The molecule has 1 aliphatic heterocycles. The van der Waals surface area contributed by atoms with Crippen molar-refractivity contribution < 1.29 is 49.8 Å². The van der Waals surface area contributed by atoms with Crippen LogP contribution in [0.4, 0.5) is 23.2 Å². The number of fused-ring (bicyclic) bond motifs is 1. The molecule has 5 atom stereocenters. The number of aromatic nitrogens is 2. The number of hydrogen-bond donors (Lipinski definition) is 3. The number of hydrogen-bond acceptors (Lipinski definition) is 11. The first-order chi connectivity index (χ1) is 29.3. The summed E-state index contributed by atoms with van der Waals surface area (Å²) in [6.07, 6.45) is -4.50. The molecule has 3 N–H and O–H groups in total. The van der Waals surface area contributed by atoms with Crippen LogP contribution in [0, 0.1) is 24.1 Å². The Hall–Kier alpha value is -5.34. The van der Waals surface area contributed by atoms with Gasteiger partial charge in [0.15, 0.2) is 0 Å². The van der Waals surface area contributed by atoms with Crippen LogP contribution in [0.2, 0.25) is 0 Å². The van der Waals surface area contributed by atoms with Gasteiger partial charge in [0.2, 0.25) is 11.8 Å². The van der Waals surface area contributed by atoms with Crippen LogP contribution in [-0.4, -0.2) is 96.8 Å². The summed E-state index contributed by atoms with van der Waals surface area (Å²) in [6, 6.07) is 4.45. The number of methoxy groups -OCH3 is 1. The number of aryl methyl sites for hydroxylation is 1. The van der Waals surface area contributed by atoms with Crippen molar-refractivity contribution in [3.05, 3.63) is 77.1 Å². The number of alkyl halides is 3. The summed E-state index contributed by atoms with van der Waals surface area (Å²) in [6.45, 7) is 14.4.